The molecule has 7 nitrogen and oxygen atoms in total. The van der Waals surface area contributed by atoms with Gasteiger partial charge in [-0.1, -0.05) is 30.1 Å². The zero-order chi connectivity index (χ0) is 22.5. The Labute approximate surface area is 185 Å². The Morgan fingerprint density at radius 2 is 1.84 bits per heavy atom. The highest BCUT2D eigenvalue weighted by Crippen LogP contribution is 2.20. The van der Waals surface area contributed by atoms with Crippen LogP contribution in [0.25, 0.3) is 11.5 Å². The molecule has 0 bridgehead atoms. The Balaban J connectivity index is 1.33. The van der Waals surface area contributed by atoms with Gasteiger partial charge in [0.25, 0.3) is 17.7 Å². The van der Waals surface area contributed by atoms with Gasteiger partial charge >= 0.3 is 0 Å². The molecule has 1 N–H and O–H groups in total. The molecule has 8 heteroatoms. The van der Waals surface area contributed by atoms with Crippen molar-refractivity contribution in [2.24, 2.45) is 0 Å². The van der Waals surface area contributed by atoms with Crippen molar-refractivity contribution in [1.82, 2.24) is 20.4 Å². The number of benzene rings is 2. The highest BCUT2D eigenvalue weighted by atomic mass is 19.1. The van der Waals surface area contributed by atoms with Crippen molar-refractivity contribution >= 4 is 11.8 Å². The number of amides is 2. The molecule has 3 aromatic rings. The number of nitrogens with zero attached hydrogens (tertiary/aromatic N) is 3. The van der Waals surface area contributed by atoms with Crippen LogP contribution in [0.4, 0.5) is 4.39 Å². The first-order chi connectivity index (χ1) is 15.5. The molecule has 1 aliphatic rings. The van der Waals surface area contributed by atoms with Gasteiger partial charge in [-0.2, -0.15) is 4.98 Å². The molecule has 2 aromatic carbocycles. The van der Waals surface area contributed by atoms with Crippen LogP contribution in [0.1, 0.15) is 52.2 Å². The Morgan fingerprint density at radius 1 is 1.12 bits per heavy atom. The van der Waals surface area contributed by atoms with E-state index in [4.69, 9.17) is 4.52 Å². The lowest BCUT2D eigenvalue weighted by Gasteiger charge is -2.16. The third kappa shape index (κ3) is 5.01. The highest BCUT2D eigenvalue weighted by Gasteiger charge is 2.19. The topological polar surface area (TPSA) is 88.3 Å². The molecule has 0 aliphatic heterocycles. The fourth-order valence-corrected chi connectivity index (χ4v) is 3.79. The van der Waals surface area contributed by atoms with Gasteiger partial charge in [-0.25, -0.2) is 4.39 Å². The molecular weight excluding hydrogens is 411 g/mol. The van der Waals surface area contributed by atoms with Crippen molar-refractivity contribution < 1.29 is 18.5 Å². The standard InChI is InChI=1S/C24H25FN4O3/c1-29(24(31)19-8-4-5-9-20(19)25)15-14-21-27-23(32-28-21)17-12-10-16(11-13-17)22(30)26-18-6-2-3-7-18/h4-5,8-13,18H,2-3,6-7,14-15H2,1H3,(H,26,30). The lowest BCUT2D eigenvalue weighted by atomic mass is 10.1. The molecule has 1 aliphatic carbocycles. The molecule has 1 aromatic heterocycles. The predicted octanol–water partition coefficient (Wildman–Crippen LogP) is 3.86. The van der Waals surface area contributed by atoms with Gasteiger partial charge in [-0.15, -0.1) is 0 Å². The summed E-state index contributed by atoms with van der Waals surface area (Å²) in [7, 11) is 1.60. The van der Waals surface area contributed by atoms with Gasteiger partial charge < -0.3 is 14.7 Å². The van der Waals surface area contributed by atoms with Crippen LogP contribution in [0.2, 0.25) is 0 Å². The van der Waals surface area contributed by atoms with Crippen LogP contribution in [0, 0.1) is 5.82 Å². The van der Waals surface area contributed by atoms with Crippen molar-refractivity contribution in [1.29, 1.82) is 0 Å². The number of nitrogens with one attached hydrogen (secondary N) is 1. The number of likely N-dealkylation sites (N-methyl/N-ethyl adjacent to an activating group) is 1. The largest absolute Gasteiger partial charge is 0.349 e. The fourth-order valence-electron chi connectivity index (χ4n) is 3.79. The molecule has 166 valence electrons. The third-order valence-electron chi connectivity index (χ3n) is 5.67. The van der Waals surface area contributed by atoms with E-state index in [1.54, 1.807) is 43.4 Å². The number of carbonyl (C=O) groups is 2. The Morgan fingerprint density at radius 3 is 2.56 bits per heavy atom. The Hall–Kier alpha value is -3.55. The van der Waals surface area contributed by atoms with E-state index in [0.717, 1.165) is 25.7 Å². The van der Waals surface area contributed by atoms with Crippen molar-refractivity contribution in [2.45, 2.75) is 38.1 Å². The second-order valence-electron chi connectivity index (χ2n) is 8.00. The van der Waals surface area contributed by atoms with Gasteiger partial charge in [0.2, 0.25) is 0 Å². The molecule has 0 atom stereocenters. The van der Waals surface area contributed by atoms with E-state index < -0.39 is 11.7 Å². The molecule has 2 amide bonds. The number of hydrogen-bond donors (Lipinski definition) is 1. The first-order valence-electron chi connectivity index (χ1n) is 10.7. The predicted molar refractivity (Wildman–Crippen MR) is 117 cm³/mol. The maximum atomic E-state index is 13.8. The molecule has 1 fully saturated rings. The van der Waals surface area contributed by atoms with Crippen LogP contribution in [-0.2, 0) is 6.42 Å². The van der Waals surface area contributed by atoms with Crippen LogP contribution in [-0.4, -0.2) is 46.5 Å². The lowest BCUT2D eigenvalue weighted by molar-refractivity contribution is 0.0790. The van der Waals surface area contributed by atoms with E-state index in [-0.39, 0.29) is 17.5 Å². The molecule has 0 saturated heterocycles. The molecule has 1 heterocycles. The summed E-state index contributed by atoms with van der Waals surface area (Å²) in [4.78, 5) is 30.6. The van der Waals surface area contributed by atoms with E-state index in [2.05, 4.69) is 15.5 Å². The summed E-state index contributed by atoms with van der Waals surface area (Å²) < 4.78 is 19.2. The summed E-state index contributed by atoms with van der Waals surface area (Å²) in [6, 6.07) is 13.2. The van der Waals surface area contributed by atoms with Crippen molar-refractivity contribution in [3.8, 4) is 11.5 Å². The van der Waals surface area contributed by atoms with Crippen molar-refractivity contribution in [2.75, 3.05) is 13.6 Å². The van der Waals surface area contributed by atoms with Crippen LogP contribution in [0.3, 0.4) is 0 Å². The number of rotatable bonds is 7. The van der Waals surface area contributed by atoms with Crippen molar-refractivity contribution in [3.63, 3.8) is 0 Å². The van der Waals surface area contributed by atoms with Gasteiger partial charge in [0.15, 0.2) is 5.82 Å². The quantitative estimate of drug-likeness (QED) is 0.608. The third-order valence-corrected chi connectivity index (χ3v) is 5.67. The molecule has 0 radical (unpaired) electrons. The van der Waals surface area contributed by atoms with Crippen LogP contribution >= 0.6 is 0 Å². The summed E-state index contributed by atoms with van der Waals surface area (Å²) in [5.41, 5.74) is 1.33. The van der Waals surface area contributed by atoms with E-state index in [1.807, 2.05) is 0 Å². The van der Waals surface area contributed by atoms with Crippen LogP contribution < -0.4 is 5.32 Å². The maximum absolute atomic E-state index is 13.8. The molecule has 0 unspecified atom stereocenters. The molecular formula is C24H25FN4O3. The maximum Gasteiger partial charge on any atom is 0.257 e. The van der Waals surface area contributed by atoms with Gasteiger partial charge in [0.05, 0.1) is 5.56 Å². The Bertz CT molecular complexity index is 1090. The van der Waals surface area contributed by atoms with Crippen molar-refractivity contribution in [3.05, 3.63) is 71.3 Å². The minimum Gasteiger partial charge on any atom is -0.349 e. The lowest BCUT2D eigenvalue weighted by Crippen LogP contribution is -2.32. The average molecular weight is 436 g/mol. The van der Waals surface area contributed by atoms with E-state index in [0.29, 0.717) is 35.8 Å². The number of halogens is 1. The second-order valence-corrected chi connectivity index (χ2v) is 8.00. The average Bonchev–Trinajstić information content (AvgIpc) is 3.50. The fraction of sp³-hybridized carbons (Fsp3) is 0.333. The number of aromatic nitrogens is 2. The molecule has 4 rings (SSSR count). The normalized spacial score (nSPS) is 13.8. The van der Waals surface area contributed by atoms with E-state index >= 15 is 0 Å². The molecule has 1 saturated carbocycles. The molecule has 0 spiro atoms. The van der Waals surface area contributed by atoms with Gasteiger partial charge in [0, 0.05) is 37.2 Å². The Kier molecular flexibility index (Phi) is 6.58. The summed E-state index contributed by atoms with van der Waals surface area (Å²) in [6.07, 6.45) is 4.76. The van der Waals surface area contributed by atoms with Gasteiger partial charge in [-0.05, 0) is 49.2 Å². The van der Waals surface area contributed by atoms with Gasteiger partial charge in [-0.3, -0.25) is 9.59 Å². The first-order valence-corrected chi connectivity index (χ1v) is 10.7. The number of carbonyl (C=O) groups excluding carboxylic acids is 2. The van der Waals surface area contributed by atoms with Gasteiger partial charge in [0.1, 0.15) is 5.82 Å². The van der Waals surface area contributed by atoms with E-state index in [9.17, 15) is 14.0 Å². The first kappa shape index (κ1) is 21.7. The van der Waals surface area contributed by atoms with Crippen LogP contribution in [0.15, 0.2) is 53.1 Å². The minimum atomic E-state index is -0.549. The zero-order valence-electron chi connectivity index (χ0n) is 17.9. The smallest absolute Gasteiger partial charge is 0.257 e. The summed E-state index contributed by atoms with van der Waals surface area (Å²) >= 11 is 0. The summed E-state index contributed by atoms with van der Waals surface area (Å²) in [6.45, 7) is 0.312. The molecule has 32 heavy (non-hydrogen) atoms. The van der Waals surface area contributed by atoms with Crippen LogP contribution in [0.5, 0.6) is 0 Å². The minimum absolute atomic E-state index is 0.0286. The second kappa shape index (κ2) is 9.72. The summed E-state index contributed by atoms with van der Waals surface area (Å²) in [5, 5.41) is 7.03. The SMILES string of the molecule is CN(CCc1noc(-c2ccc(C(=O)NC3CCCC3)cc2)n1)C(=O)c1ccccc1F. The summed E-state index contributed by atoms with van der Waals surface area (Å²) in [5.74, 6) is -0.246. The zero-order valence-corrected chi connectivity index (χ0v) is 17.9. The number of hydrogen-bond acceptors (Lipinski definition) is 5. The van der Waals surface area contributed by atoms with E-state index in [1.165, 1.54) is 17.0 Å². The monoisotopic (exact) mass is 436 g/mol. The highest BCUT2D eigenvalue weighted by molar-refractivity contribution is 5.95.